The fraction of sp³-hybridized carbons (Fsp3) is 0.571. The highest BCUT2D eigenvalue weighted by molar-refractivity contribution is 5.42. The summed E-state index contributed by atoms with van der Waals surface area (Å²) in [5, 5.41) is 13.2. The molecule has 0 saturated carbocycles. The van der Waals surface area contributed by atoms with Gasteiger partial charge in [0.1, 0.15) is 5.75 Å². The Kier molecular flexibility index (Phi) is 4.02. The van der Waals surface area contributed by atoms with E-state index in [0.29, 0.717) is 5.75 Å². The van der Waals surface area contributed by atoms with Gasteiger partial charge in [0.15, 0.2) is 0 Å². The number of phenols is 1. The predicted octanol–water partition coefficient (Wildman–Crippen LogP) is 1.80. The van der Waals surface area contributed by atoms with Gasteiger partial charge in [-0.25, -0.2) is 0 Å². The molecule has 1 heterocycles. The molecule has 2 N–H and O–H groups in total. The first-order valence-corrected chi connectivity index (χ1v) is 6.39. The summed E-state index contributed by atoms with van der Waals surface area (Å²) in [5.74, 6) is 0.436. The molecule has 3 nitrogen and oxygen atoms in total. The lowest BCUT2D eigenvalue weighted by atomic mass is 10.1. The molecule has 0 spiro atoms. The van der Waals surface area contributed by atoms with Crippen LogP contribution in [0.5, 0.6) is 5.75 Å². The Morgan fingerprint density at radius 2 is 1.88 bits per heavy atom. The molecule has 0 amide bonds. The third-order valence-corrected chi connectivity index (χ3v) is 3.39. The number of phenolic OH excluding ortho intramolecular Hbond substituents is 1. The number of benzene rings is 1. The van der Waals surface area contributed by atoms with Crippen molar-refractivity contribution in [1.82, 2.24) is 10.2 Å². The van der Waals surface area contributed by atoms with Crippen LogP contribution in [0.3, 0.4) is 0 Å². The topological polar surface area (TPSA) is 35.5 Å². The van der Waals surface area contributed by atoms with Crippen molar-refractivity contribution >= 4 is 0 Å². The summed E-state index contributed by atoms with van der Waals surface area (Å²) < 4.78 is 0. The summed E-state index contributed by atoms with van der Waals surface area (Å²) >= 11 is 0. The van der Waals surface area contributed by atoms with E-state index in [1.54, 1.807) is 0 Å². The molecule has 0 aromatic heterocycles. The van der Waals surface area contributed by atoms with Gasteiger partial charge in [-0.1, -0.05) is 12.1 Å². The SMILES string of the molecule is Cc1cc(CN2CCCNCC2)cc(C)c1O. The van der Waals surface area contributed by atoms with Crippen molar-refractivity contribution in [2.24, 2.45) is 0 Å². The van der Waals surface area contributed by atoms with Crippen molar-refractivity contribution in [1.29, 1.82) is 0 Å². The number of nitrogens with zero attached hydrogens (tertiary/aromatic N) is 1. The minimum atomic E-state index is 0.436. The molecule has 0 aliphatic carbocycles. The van der Waals surface area contributed by atoms with Gasteiger partial charge in [0, 0.05) is 19.6 Å². The number of rotatable bonds is 2. The maximum Gasteiger partial charge on any atom is 0.121 e. The zero-order valence-corrected chi connectivity index (χ0v) is 10.8. The molecule has 0 atom stereocenters. The highest BCUT2D eigenvalue weighted by Gasteiger charge is 2.10. The molecule has 94 valence electrons. The van der Waals surface area contributed by atoms with Gasteiger partial charge in [-0.05, 0) is 50.0 Å². The van der Waals surface area contributed by atoms with Crippen LogP contribution in [0, 0.1) is 13.8 Å². The molecule has 1 aromatic rings. The van der Waals surface area contributed by atoms with Crippen molar-refractivity contribution in [3.63, 3.8) is 0 Å². The number of hydrogen-bond acceptors (Lipinski definition) is 3. The standard InChI is InChI=1S/C14H22N2O/c1-11-8-13(9-12(2)14(11)17)10-16-6-3-4-15-5-7-16/h8-9,15,17H,3-7,10H2,1-2H3. The van der Waals surface area contributed by atoms with Gasteiger partial charge in [-0.2, -0.15) is 0 Å². The van der Waals surface area contributed by atoms with Crippen molar-refractivity contribution < 1.29 is 5.11 Å². The van der Waals surface area contributed by atoms with Gasteiger partial charge in [0.2, 0.25) is 0 Å². The molecule has 1 saturated heterocycles. The second-order valence-corrected chi connectivity index (χ2v) is 4.96. The number of hydrogen-bond donors (Lipinski definition) is 2. The summed E-state index contributed by atoms with van der Waals surface area (Å²) in [6.07, 6.45) is 1.22. The Hall–Kier alpha value is -1.06. The molecule has 0 bridgehead atoms. The van der Waals surface area contributed by atoms with Crippen molar-refractivity contribution in [2.45, 2.75) is 26.8 Å². The molecule has 17 heavy (non-hydrogen) atoms. The van der Waals surface area contributed by atoms with Crippen LogP contribution in [0.2, 0.25) is 0 Å². The third-order valence-electron chi connectivity index (χ3n) is 3.39. The lowest BCUT2D eigenvalue weighted by molar-refractivity contribution is 0.284. The van der Waals surface area contributed by atoms with Crippen molar-refractivity contribution in [3.8, 4) is 5.75 Å². The lowest BCUT2D eigenvalue weighted by Gasteiger charge is -2.20. The van der Waals surface area contributed by atoms with Crippen LogP contribution in [0.4, 0.5) is 0 Å². The van der Waals surface area contributed by atoms with Gasteiger partial charge in [0.25, 0.3) is 0 Å². The molecule has 1 fully saturated rings. The average molecular weight is 234 g/mol. The van der Waals surface area contributed by atoms with E-state index in [-0.39, 0.29) is 0 Å². The molecule has 0 unspecified atom stereocenters. The quantitative estimate of drug-likeness (QED) is 0.819. The van der Waals surface area contributed by atoms with Gasteiger partial charge < -0.3 is 10.4 Å². The fourth-order valence-corrected chi connectivity index (χ4v) is 2.45. The predicted molar refractivity (Wildman–Crippen MR) is 70.3 cm³/mol. The smallest absolute Gasteiger partial charge is 0.121 e. The van der Waals surface area contributed by atoms with Gasteiger partial charge in [-0.3, -0.25) is 4.90 Å². The Morgan fingerprint density at radius 3 is 2.59 bits per heavy atom. The van der Waals surface area contributed by atoms with E-state index in [9.17, 15) is 5.11 Å². The Morgan fingerprint density at radius 1 is 1.18 bits per heavy atom. The zero-order valence-electron chi connectivity index (χ0n) is 10.8. The minimum Gasteiger partial charge on any atom is -0.507 e. The highest BCUT2D eigenvalue weighted by Crippen LogP contribution is 2.23. The van der Waals surface area contributed by atoms with E-state index in [4.69, 9.17) is 0 Å². The van der Waals surface area contributed by atoms with E-state index in [2.05, 4.69) is 22.3 Å². The van der Waals surface area contributed by atoms with Crippen molar-refractivity contribution in [2.75, 3.05) is 26.2 Å². The third kappa shape index (κ3) is 3.20. The van der Waals surface area contributed by atoms with Gasteiger partial charge in [-0.15, -0.1) is 0 Å². The number of aromatic hydroxyl groups is 1. The molecule has 1 aliphatic heterocycles. The Labute approximate surface area is 103 Å². The van der Waals surface area contributed by atoms with Crippen LogP contribution in [-0.2, 0) is 6.54 Å². The first kappa shape index (κ1) is 12.4. The first-order chi connectivity index (χ1) is 8.16. The van der Waals surface area contributed by atoms with Crippen molar-refractivity contribution in [3.05, 3.63) is 28.8 Å². The van der Waals surface area contributed by atoms with Crippen LogP contribution < -0.4 is 5.32 Å². The van der Waals surface area contributed by atoms with E-state index >= 15 is 0 Å². The summed E-state index contributed by atoms with van der Waals surface area (Å²) in [6.45, 7) is 9.40. The zero-order chi connectivity index (χ0) is 12.3. The van der Waals surface area contributed by atoms with Crippen LogP contribution in [0.25, 0.3) is 0 Å². The monoisotopic (exact) mass is 234 g/mol. The summed E-state index contributed by atoms with van der Waals surface area (Å²) in [6, 6.07) is 4.20. The minimum absolute atomic E-state index is 0.436. The summed E-state index contributed by atoms with van der Waals surface area (Å²) in [4.78, 5) is 2.48. The number of nitrogens with one attached hydrogen (secondary N) is 1. The fourth-order valence-electron chi connectivity index (χ4n) is 2.45. The largest absolute Gasteiger partial charge is 0.507 e. The lowest BCUT2D eigenvalue weighted by Crippen LogP contribution is -2.27. The van der Waals surface area contributed by atoms with E-state index in [0.717, 1.165) is 43.9 Å². The molecular weight excluding hydrogens is 212 g/mol. The van der Waals surface area contributed by atoms with Crippen LogP contribution in [0.15, 0.2) is 12.1 Å². The first-order valence-electron chi connectivity index (χ1n) is 6.39. The van der Waals surface area contributed by atoms with E-state index in [1.807, 2.05) is 13.8 Å². The highest BCUT2D eigenvalue weighted by atomic mass is 16.3. The normalized spacial score (nSPS) is 18.0. The average Bonchev–Trinajstić information content (AvgIpc) is 2.54. The molecule has 1 aromatic carbocycles. The second-order valence-electron chi connectivity index (χ2n) is 4.96. The summed E-state index contributed by atoms with van der Waals surface area (Å²) in [5.41, 5.74) is 3.26. The van der Waals surface area contributed by atoms with Crippen LogP contribution in [-0.4, -0.2) is 36.2 Å². The summed E-state index contributed by atoms with van der Waals surface area (Å²) in [7, 11) is 0. The maximum absolute atomic E-state index is 9.76. The van der Waals surface area contributed by atoms with Crippen LogP contribution in [0.1, 0.15) is 23.1 Å². The molecule has 2 rings (SSSR count). The second kappa shape index (κ2) is 5.52. The Balaban J connectivity index is 2.07. The van der Waals surface area contributed by atoms with Gasteiger partial charge in [0.05, 0.1) is 0 Å². The maximum atomic E-state index is 9.76. The van der Waals surface area contributed by atoms with Gasteiger partial charge >= 0.3 is 0 Å². The van der Waals surface area contributed by atoms with E-state index < -0.39 is 0 Å². The van der Waals surface area contributed by atoms with E-state index in [1.165, 1.54) is 12.0 Å². The molecule has 3 heteroatoms. The Bertz CT molecular complexity index is 359. The van der Waals surface area contributed by atoms with Crippen LogP contribution >= 0.6 is 0 Å². The molecule has 1 aliphatic rings. The number of aryl methyl sites for hydroxylation is 2. The molecular formula is C14H22N2O. The molecule has 0 radical (unpaired) electrons.